The Balaban J connectivity index is 1.05. The summed E-state index contributed by atoms with van der Waals surface area (Å²) in [6, 6.07) is 35.8. The van der Waals surface area contributed by atoms with Gasteiger partial charge in [0.1, 0.15) is 18.0 Å². The fourth-order valence-electron chi connectivity index (χ4n) is 7.72. The molecule has 1 fully saturated rings. The summed E-state index contributed by atoms with van der Waals surface area (Å²) in [5, 5.41) is 8.09. The zero-order chi connectivity index (χ0) is 43.2. The number of hydrogen-bond donors (Lipinski definition) is 3. The number of ether oxygens (including phenoxy) is 2. The van der Waals surface area contributed by atoms with Crippen molar-refractivity contribution in [3.05, 3.63) is 155 Å². The van der Waals surface area contributed by atoms with Crippen LogP contribution in [-0.4, -0.2) is 59.7 Å². The molecule has 0 bridgehead atoms. The lowest BCUT2D eigenvalue weighted by atomic mass is 9.98. The molecule has 3 amide bonds. The van der Waals surface area contributed by atoms with E-state index in [4.69, 9.17) is 9.47 Å². The number of amides is 3. The molecule has 2 heterocycles. The Labute approximate surface area is 355 Å². The van der Waals surface area contributed by atoms with Crippen LogP contribution in [0.15, 0.2) is 128 Å². The topological polar surface area (TPSA) is 138 Å². The minimum absolute atomic E-state index is 0.00479. The molecule has 6 aromatic rings. The number of nitrogens with one attached hydrogen (secondary N) is 3. The van der Waals surface area contributed by atoms with Gasteiger partial charge in [-0.2, -0.15) is 18.2 Å². The highest BCUT2D eigenvalue weighted by Gasteiger charge is 2.36. The van der Waals surface area contributed by atoms with Crippen LogP contribution in [0.3, 0.4) is 0 Å². The number of halogens is 3. The van der Waals surface area contributed by atoms with Gasteiger partial charge in [-0.3, -0.25) is 9.69 Å². The highest BCUT2D eigenvalue weighted by molar-refractivity contribution is 6.00. The summed E-state index contributed by atoms with van der Waals surface area (Å²) in [5.74, 6) is -1.19. The molecule has 1 aliphatic carbocycles. The number of alkyl halides is 3. The number of carbonyl (C=O) groups excluding carboxylic acids is 3. The van der Waals surface area contributed by atoms with E-state index in [9.17, 15) is 27.6 Å². The Kier molecular flexibility index (Phi) is 12.0. The number of piperidine rings is 1. The van der Waals surface area contributed by atoms with Crippen molar-refractivity contribution in [2.75, 3.05) is 42.3 Å². The van der Waals surface area contributed by atoms with Crippen LogP contribution in [0.2, 0.25) is 0 Å². The zero-order valence-electron chi connectivity index (χ0n) is 33.6. The lowest BCUT2D eigenvalue weighted by Gasteiger charge is -2.28. The first-order valence-electron chi connectivity index (χ1n) is 20.1. The number of nitrogens with zero attached hydrogens (tertiary/aromatic N) is 4. The molecule has 15 heteroatoms. The van der Waals surface area contributed by atoms with E-state index >= 15 is 0 Å². The highest BCUT2D eigenvalue weighted by Crippen LogP contribution is 2.45. The molecular formula is C47H42F3N7O5. The predicted octanol–water partition coefficient (Wildman–Crippen LogP) is 10.3. The summed E-state index contributed by atoms with van der Waals surface area (Å²) in [6.07, 6.45) is -2.50. The van der Waals surface area contributed by atoms with Crippen molar-refractivity contribution in [1.82, 2.24) is 20.2 Å². The van der Waals surface area contributed by atoms with E-state index in [2.05, 4.69) is 38.1 Å². The third-order valence-corrected chi connectivity index (χ3v) is 10.8. The summed E-state index contributed by atoms with van der Waals surface area (Å²) in [7, 11) is 1.42. The highest BCUT2D eigenvalue weighted by atomic mass is 19.4. The van der Waals surface area contributed by atoms with E-state index < -0.39 is 35.7 Å². The maximum Gasteiger partial charge on any atom is 0.421 e. The Morgan fingerprint density at radius 3 is 2.13 bits per heavy atom. The van der Waals surface area contributed by atoms with Crippen molar-refractivity contribution in [3.63, 3.8) is 0 Å². The van der Waals surface area contributed by atoms with Crippen molar-refractivity contribution >= 4 is 46.9 Å². The smallest absolute Gasteiger partial charge is 0.421 e. The molecule has 0 saturated carbocycles. The van der Waals surface area contributed by atoms with Crippen molar-refractivity contribution in [2.45, 2.75) is 37.9 Å². The van der Waals surface area contributed by atoms with Gasteiger partial charge in [-0.1, -0.05) is 84.9 Å². The van der Waals surface area contributed by atoms with E-state index in [1.807, 2.05) is 36.4 Å². The molecule has 1 aliphatic heterocycles. The molecule has 0 radical (unpaired) electrons. The van der Waals surface area contributed by atoms with Crippen molar-refractivity contribution in [1.29, 1.82) is 0 Å². The number of para-hydroxylation sites is 3. The van der Waals surface area contributed by atoms with Crippen molar-refractivity contribution in [3.8, 4) is 16.9 Å². The molecule has 0 atom stereocenters. The molecule has 1 saturated heterocycles. The van der Waals surface area contributed by atoms with Crippen LogP contribution in [0, 0.1) is 0 Å². The first kappa shape index (κ1) is 41.3. The van der Waals surface area contributed by atoms with E-state index in [0.717, 1.165) is 41.5 Å². The molecule has 0 spiro atoms. The Hall–Kier alpha value is -7.42. The second kappa shape index (κ2) is 18.1. The predicted molar refractivity (Wildman–Crippen MR) is 229 cm³/mol. The molecule has 5 aromatic carbocycles. The van der Waals surface area contributed by atoms with Crippen molar-refractivity contribution < 1.29 is 37.0 Å². The summed E-state index contributed by atoms with van der Waals surface area (Å²) in [6.45, 7) is 1.23. The summed E-state index contributed by atoms with van der Waals surface area (Å²) in [5.41, 5.74) is 4.83. The zero-order valence-corrected chi connectivity index (χ0v) is 33.6. The maximum absolute atomic E-state index is 14.3. The van der Waals surface area contributed by atoms with Gasteiger partial charge in [0, 0.05) is 37.9 Å². The molecular weight excluding hydrogens is 800 g/mol. The van der Waals surface area contributed by atoms with Crippen LogP contribution >= 0.6 is 0 Å². The molecule has 62 heavy (non-hydrogen) atoms. The van der Waals surface area contributed by atoms with Gasteiger partial charge in [0.25, 0.3) is 5.91 Å². The number of rotatable bonds is 11. The van der Waals surface area contributed by atoms with Gasteiger partial charge in [-0.25, -0.2) is 14.6 Å². The Morgan fingerprint density at radius 2 is 1.44 bits per heavy atom. The fraction of sp³-hybridized carbons (Fsp3) is 0.213. The van der Waals surface area contributed by atoms with Gasteiger partial charge in [-0.05, 0) is 83.5 Å². The molecule has 1 aromatic heterocycles. The molecule has 12 nitrogen and oxygen atoms in total. The molecule has 316 valence electrons. The molecule has 2 aliphatic rings. The second-order valence-corrected chi connectivity index (χ2v) is 14.8. The second-order valence-electron chi connectivity index (χ2n) is 14.8. The fourth-order valence-corrected chi connectivity index (χ4v) is 7.72. The largest absolute Gasteiger partial charge is 0.448 e. The van der Waals surface area contributed by atoms with Crippen LogP contribution in [0.5, 0.6) is 5.75 Å². The minimum Gasteiger partial charge on any atom is -0.448 e. The van der Waals surface area contributed by atoms with Gasteiger partial charge < -0.3 is 30.3 Å². The average molecular weight is 842 g/mol. The first-order valence-corrected chi connectivity index (χ1v) is 20.1. The first-order chi connectivity index (χ1) is 30.1. The lowest BCUT2D eigenvalue weighted by Crippen LogP contribution is -2.38. The van der Waals surface area contributed by atoms with E-state index in [0.29, 0.717) is 36.2 Å². The Bertz CT molecular complexity index is 2550. The van der Waals surface area contributed by atoms with E-state index in [1.165, 1.54) is 24.1 Å². The number of carbonyl (C=O) groups is 3. The number of likely N-dealkylation sites (tertiary alicyclic amines) is 1. The van der Waals surface area contributed by atoms with Gasteiger partial charge in [0.2, 0.25) is 5.95 Å². The SMILES string of the molecule is CNC(=O)c1ccccc1Nc1nc(Nc2ccc(CN(C(=O)OCC3c4ccccc4-c4ccccc43)c3ccccc3OC(=O)N3CCCCC3)cc2)ncc1C(F)(F)F. The van der Waals surface area contributed by atoms with Crippen LogP contribution in [0.1, 0.15) is 57.8 Å². The quantitative estimate of drug-likeness (QED) is 0.116. The van der Waals surface area contributed by atoms with E-state index in [1.54, 1.807) is 65.6 Å². The van der Waals surface area contributed by atoms with Gasteiger partial charge in [0.15, 0.2) is 5.75 Å². The van der Waals surface area contributed by atoms with Crippen LogP contribution in [0.25, 0.3) is 11.1 Å². The summed E-state index contributed by atoms with van der Waals surface area (Å²) in [4.78, 5) is 51.2. The van der Waals surface area contributed by atoms with Crippen LogP contribution in [0.4, 0.5) is 51.6 Å². The number of hydrogen-bond acceptors (Lipinski definition) is 9. The minimum atomic E-state index is -4.80. The number of aromatic nitrogens is 2. The monoisotopic (exact) mass is 841 g/mol. The lowest BCUT2D eigenvalue weighted by molar-refractivity contribution is -0.137. The van der Waals surface area contributed by atoms with Crippen molar-refractivity contribution in [2.24, 2.45) is 0 Å². The van der Waals surface area contributed by atoms with E-state index in [-0.39, 0.29) is 42.0 Å². The summed E-state index contributed by atoms with van der Waals surface area (Å²) >= 11 is 0. The number of fused-ring (bicyclic) bond motifs is 3. The standard InChI is InChI=1S/C47H42F3N7O5/c1-51-43(58)36-17-7-8-18-39(36)54-42-38(47(48,49)50)27-52-44(55-42)53-31-23-21-30(22-24-31)28-57(40-19-9-10-20-41(40)62-45(59)56-25-11-2-12-26-56)46(60)61-29-37-34-15-5-3-13-32(34)33-14-4-6-16-35(33)37/h3-10,13-24,27,37H,2,11-12,25-26,28-29H2,1H3,(H,51,58)(H2,52,53,54,55). The normalized spacial score (nSPS) is 13.4. The number of benzene rings is 5. The number of anilines is 5. The van der Waals surface area contributed by atoms with Gasteiger partial charge in [0.05, 0.1) is 23.5 Å². The molecule has 3 N–H and O–H groups in total. The summed E-state index contributed by atoms with van der Waals surface area (Å²) < 4.78 is 54.3. The average Bonchev–Trinajstić information content (AvgIpc) is 3.61. The van der Waals surface area contributed by atoms with Crippen LogP contribution < -0.4 is 25.6 Å². The molecule has 8 rings (SSSR count). The maximum atomic E-state index is 14.3. The Morgan fingerprint density at radius 1 is 0.790 bits per heavy atom. The van der Waals surface area contributed by atoms with Crippen LogP contribution in [-0.2, 0) is 17.5 Å². The van der Waals surface area contributed by atoms with Gasteiger partial charge >= 0.3 is 18.4 Å². The molecule has 0 unspecified atom stereocenters. The third-order valence-electron chi connectivity index (χ3n) is 10.8. The van der Waals surface area contributed by atoms with Gasteiger partial charge in [-0.15, -0.1) is 0 Å². The third kappa shape index (κ3) is 9.01.